The Morgan fingerprint density at radius 3 is 2.70 bits per heavy atom. The van der Waals surface area contributed by atoms with E-state index in [-0.39, 0.29) is 12.0 Å². The third-order valence-corrected chi connectivity index (χ3v) is 7.98. The number of anilines is 1. The number of imidazole rings is 1. The molecule has 9 heteroatoms. The number of carbonyl (C=O) groups excluding carboxylic acids is 1. The van der Waals surface area contributed by atoms with Crippen LogP contribution in [0.3, 0.4) is 0 Å². The molecule has 37 heavy (non-hydrogen) atoms. The lowest BCUT2D eigenvalue weighted by Gasteiger charge is -2.16. The summed E-state index contributed by atoms with van der Waals surface area (Å²) in [5.74, 6) is 0.636. The molecule has 3 aromatic heterocycles. The Kier molecular flexibility index (Phi) is 5.92. The molecular weight excluding hydrogens is 489 g/mol. The standard InChI is InChI=1S/C28H24FN5O2S/c1-34-13-12-30-27(34)26-32-25(31-18-11-10-16(14-18)15-35)22-21(17-6-3-2-4-7-17)24(37-28(22)33-26)19-8-5-9-20(36)23(19)29/h2-9,12-13,15-16,18,36H,10-11,14H2,1H3,(H,31,32,33). The highest BCUT2D eigenvalue weighted by molar-refractivity contribution is 7.22. The molecule has 186 valence electrons. The van der Waals surface area contributed by atoms with E-state index in [2.05, 4.69) is 10.3 Å². The number of nitrogens with zero attached hydrogens (tertiary/aromatic N) is 4. The SMILES string of the molecule is Cn1ccnc1-c1nc(NC2CCC(C=O)C2)c2c(-c3ccccc3)c(-c3cccc(O)c3F)sc2n1. The van der Waals surface area contributed by atoms with Crippen molar-refractivity contribution >= 4 is 33.7 Å². The summed E-state index contributed by atoms with van der Waals surface area (Å²) in [5.41, 5.74) is 1.98. The fraction of sp³-hybridized carbons (Fsp3) is 0.214. The number of hydrogen-bond acceptors (Lipinski definition) is 7. The Morgan fingerprint density at radius 2 is 1.97 bits per heavy atom. The van der Waals surface area contributed by atoms with Gasteiger partial charge in [0.15, 0.2) is 23.2 Å². The minimum absolute atomic E-state index is 0.0249. The van der Waals surface area contributed by atoms with Gasteiger partial charge in [-0.05, 0) is 30.9 Å². The number of nitrogens with one attached hydrogen (secondary N) is 1. The summed E-state index contributed by atoms with van der Waals surface area (Å²) < 4.78 is 17.1. The van der Waals surface area contributed by atoms with Gasteiger partial charge in [0.2, 0.25) is 0 Å². The number of halogens is 1. The van der Waals surface area contributed by atoms with Crippen molar-refractivity contribution in [2.75, 3.05) is 5.32 Å². The van der Waals surface area contributed by atoms with Crippen LogP contribution in [0.5, 0.6) is 5.75 Å². The third-order valence-electron chi connectivity index (χ3n) is 6.86. The van der Waals surface area contributed by atoms with Gasteiger partial charge in [-0.15, -0.1) is 11.3 Å². The van der Waals surface area contributed by atoms with Crippen LogP contribution in [-0.4, -0.2) is 37.0 Å². The van der Waals surface area contributed by atoms with Crippen molar-refractivity contribution in [2.45, 2.75) is 25.3 Å². The largest absolute Gasteiger partial charge is 0.505 e. The van der Waals surface area contributed by atoms with Crippen LogP contribution >= 0.6 is 11.3 Å². The van der Waals surface area contributed by atoms with Crippen LogP contribution < -0.4 is 5.32 Å². The number of benzene rings is 2. The maximum atomic E-state index is 15.2. The van der Waals surface area contributed by atoms with Gasteiger partial charge in [0, 0.05) is 47.4 Å². The summed E-state index contributed by atoms with van der Waals surface area (Å²) in [6.07, 6.45) is 6.96. The van der Waals surface area contributed by atoms with Crippen molar-refractivity contribution in [1.82, 2.24) is 19.5 Å². The van der Waals surface area contributed by atoms with Crippen molar-refractivity contribution in [1.29, 1.82) is 0 Å². The summed E-state index contributed by atoms with van der Waals surface area (Å²) in [6.45, 7) is 0. The van der Waals surface area contributed by atoms with Crippen LogP contribution in [0.25, 0.3) is 43.4 Å². The van der Waals surface area contributed by atoms with Crippen molar-refractivity contribution in [3.05, 3.63) is 66.7 Å². The highest BCUT2D eigenvalue weighted by Crippen LogP contribution is 2.48. The molecule has 1 fully saturated rings. The number of phenols is 1. The maximum Gasteiger partial charge on any atom is 0.199 e. The minimum Gasteiger partial charge on any atom is -0.505 e. The van der Waals surface area contributed by atoms with Crippen LogP contribution in [-0.2, 0) is 11.8 Å². The molecule has 0 bridgehead atoms. The van der Waals surface area contributed by atoms with E-state index < -0.39 is 11.6 Å². The zero-order chi connectivity index (χ0) is 25.5. The average molecular weight is 514 g/mol. The third kappa shape index (κ3) is 4.15. The normalized spacial score (nSPS) is 17.4. The predicted octanol–water partition coefficient (Wildman–Crippen LogP) is 6.05. The first-order valence-electron chi connectivity index (χ1n) is 12.1. The summed E-state index contributed by atoms with van der Waals surface area (Å²) in [4.78, 5) is 27.0. The Labute approximate surface area is 216 Å². The van der Waals surface area contributed by atoms with E-state index in [0.29, 0.717) is 32.7 Å². The van der Waals surface area contributed by atoms with Crippen molar-refractivity contribution < 1.29 is 14.3 Å². The number of rotatable bonds is 6. The first-order valence-corrected chi connectivity index (χ1v) is 12.9. The van der Waals surface area contributed by atoms with Crippen molar-refractivity contribution in [3.63, 3.8) is 0 Å². The fourth-order valence-electron chi connectivity index (χ4n) is 5.02. The lowest BCUT2D eigenvalue weighted by molar-refractivity contribution is -0.110. The molecule has 2 aromatic carbocycles. The molecule has 1 aliphatic carbocycles. The molecule has 2 N–H and O–H groups in total. The smallest absolute Gasteiger partial charge is 0.199 e. The first kappa shape index (κ1) is 23.3. The lowest BCUT2D eigenvalue weighted by atomic mass is 9.99. The number of phenolic OH excluding ortho intramolecular Hbond substituents is 1. The summed E-state index contributed by atoms with van der Waals surface area (Å²) in [7, 11) is 1.88. The van der Waals surface area contributed by atoms with Crippen molar-refractivity contribution in [2.24, 2.45) is 13.0 Å². The van der Waals surface area contributed by atoms with Gasteiger partial charge in [-0.3, -0.25) is 0 Å². The molecule has 0 spiro atoms. The molecule has 0 aliphatic heterocycles. The zero-order valence-electron chi connectivity index (χ0n) is 20.1. The first-order chi connectivity index (χ1) is 18.0. The highest BCUT2D eigenvalue weighted by Gasteiger charge is 2.28. The highest BCUT2D eigenvalue weighted by atomic mass is 32.1. The predicted molar refractivity (Wildman–Crippen MR) is 143 cm³/mol. The molecule has 0 radical (unpaired) electrons. The Morgan fingerprint density at radius 1 is 1.14 bits per heavy atom. The Hall–Kier alpha value is -4.11. The number of aromatic hydroxyl groups is 1. The molecule has 6 rings (SSSR count). The second-order valence-electron chi connectivity index (χ2n) is 9.30. The number of aryl methyl sites for hydroxylation is 1. The van der Waals surface area contributed by atoms with Gasteiger partial charge in [-0.1, -0.05) is 42.5 Å². The van der Waals surface area contributed by atoms with Crippen LogP contribution in [0.4, 0.5) is 10.2 Å². The van der Waals surface area contributed by atoms with Gasteiger partial charge in [-0.25, -0.2) is 19.3 Å². The average Bonchev–Trinajstić information content (AvgIpc) is 3.64. The number of hydrogen-bond donors (Lipinski definition) is 2. The second kappa shape index (κ2) is 9.40. The van der Waals surface area contributed by atoms with Crippen LogP contribution in [0.1, 0.15) is 19.3 Å². The molecule has 7 nitrogen and oxygen atoms in total. The molecule has 1 aliphatic rings. The van der Waals surface area contributed by atoms with Crippen LogP contribution in [0.15, 0.2) is 60.9 Å². The lowest BCUT2D eigenvalue weighted by Crippen LogP contribution is -2.17. The molecule has 0 amide bonds. The van der Waals surface area contributed by atoms with E-state index in [1.165, 1.54) is 17.4 Å². The number of aldehydes is 1. The molecule has 5 aromatic rings. The van der Waals surface area contributed by atoms with E-state index >= 15 is 4.39 Å². The topological polar surface area (TPSA) is 92.9 Å². The van der Waals surface area contributed by atoms with Gasteiger partial charge in [0.25, 0.3) is 0 Å². The molecule has 2 atom stereocenters. The van der Waals surface area contributed by atoms with Crippen molar-refractivity contribution in [3.8, 4) is 39.0 Å². The summed E-state index contributed by atoms with van der Waals surface area (Å²) in [5, 5.41) is 14.5. The quantitative estimate of drug-likeness (QED) is 0.269. The monoisotopic (exact) mass is 513 g/mol. The van der Waals surface area contributed by atoms with Gasteiger partial charge in [-0.2, -0.15) is 0 Å². The van der Waals surface area contributed by atoms with Crippen LogP contribution in [0.2, 0.25) is 0 Å². The molecule has 3 heterocycles. The molecule has 2 unspecified atom stereocenters. The van der Waals surface area contributed by atoms with E-state index in [9.17, 15) is 9.90 Å². The zero-order valence-corrected chi connectivity index (χ0v) is 20.9. The van der Waals surface area contributed by atoms with Gasteiger partial charge in [0.1, 0.15) is 16.9 Å². The van der Waals surface area contributed by atoms with E-state index in [1.807, 2.05) is 48.1 Å². The number of aromatic nitrogens is 4. The van der Waals surface area contributed by atoms with E-state index in [0.717, 1.165) is 42.1 Å². The van der Waals surface area contributed by atoms with Crippen LogP contribution in [0, 0.1) is 11.7 Å². The molecule has 1 saturated carbocycles. The summed E-state index contributed by atoms with van der Waals surface area (Å²) >= 11 is 1.35. The maximum absolute atomic E-state index is 15.2. The van der Waals surface area contributed by atoms with Gasteiger partial charge < -0.3 is 19.8 Å². The number of fused-ring (bicyclic) bond motifs is 1. The van der Waals surface area contributed by atoms with Gasteiger partial charge in [0.05, 0.1) is 5.39 Å². The fourth-order valence-corrected chi connectivity index (χ4v) is 6.23. The Balaban J connectivity index is 1.64. The van der Waals surface area contributed by atoms with E-state index in [1.54, 1.807) is 18.3 Å². The molecular formula is C28H24FN5O2S. The van der Waals surface area contributed by atoms with E-state index in [4.69, 9.17) is 9.97 Å². The molecule has 0 saturated heterocycles. The Bertz CT molecular complexity index is 1610. The van der Waals surface area contributed by atoms with Gasteiger partial charge >= 0.3 is 0 Å². The summed E-state index contributed by atoms with van der Waals surface area (Å²) in [6, 6.07) is 14.5. The minimum atomic E-state index is -0.678. The second-order valence-corrected chi connectivity index (χ2v) is 10.3. The number of thiophene rings is 1. The number of carbonyl (C=O) groups is 1.